The van der Waals surface area contributed by atoms with Gasteiger partial charge in [0.15, 0.2) is 11.5 Å². The van der Waals surface area contributed by atoms with Gasteiger partial charge in [0.05, 0.1) is 18.6 Å². The van der Waals surface area contributed by atoms with Gasteiger partial charge in [-0.25, -0.2) is 0 Å². The van der Waals surface area contributed by atoms with Gasteiger partial charge in [-0.3, -0.25) is 14.5 Å². The molecule has 37 heavy (non-hydrogen) atoms. The number of nitrogens with zero attached hydrogens (tertiary/aromatic N) is 1. The van der Waals surface area contributed by atoms with E-state index in [0.29, 0.717) is 38.1 Å². The molecule has 0 unspecified atom stereocenters. The van der Waals surface area contributed by atoms with Crippen molar-refractivity contribution in [2.24, 2.45) is 0 Å². The lowest BCUT2D eigenvalue weighted by Gasteiger charge is -2.14. The van der Waals surface area contributed by atoms with Crippen molar-refractivity contribution in [1.82, 2.24) is 4.90 Å². The lowest BCUT2D eigenvalue weighted by molar-refractivity contribution is -0.123. The molecule has 0 aromatic heterocycles. The number of halogens is 2. The smallest absolute Gasteiger partial charge is 0.293 e. The second-order valence-corrected chi connectivity index (χ2v) is 10.7. The summed E-state index contributed by atoms with van der Waals surface area (Å²) in [5.74, 6) is 0.749. The Bertz CT molecular complexity index is 1540. The number of carbonyl (C=O) groups excluding carboxylic acids is 2. The molecule has 0 bridgehead atoms. The summed E-state index contributed by atoms with van der Waals surface area (Å²) in [5.41, 5.74) is 2.56. The van der Waals surface area contributed by atoms with Crippen LogP contribution in [0.25, 0.3) is 16.8 Å². The molecule has 5 nitrogen and oxygen atoms in total. The maximum Gasteiger partial charge on any atom is 0.293 e. The zero-order chi connectivity index (χ0) is 25.9. The Morgan fingerprint density at radius 3 is 2.41 bits per heavy atom. The second kappa shape index (κ2) is 11.0. The topological polar surface area (TPSA) is 55.8 Å². The summed E-state index contributed by atoms with van der Waals surface area (Å²) < 4.78 is 12.4. The monoisotopic (exact) mass is 593 g/mol. The molecule has 1 heterocycles. The molecule has 0 atom stereocenters. The van der Waals surface area contributed by atoms with Crippen molar-refractivity contribution in [2.45, 2.75) is 13.2 Å². The molecule has 0 saturated carbocycles. The van der Waals surface area contributed by atoms with Crippen LogP contribution in [0.3, 0.4) is 0 Å². The Kier molecular flexibility index (Phi) is 7.55. The van der Waals surface area contributed by atoms with Gasteiger partial charge >= 0.3 is 0 Å². The maximum absolute atomic E-state index is 13.0. The molecule has 0 spiro atoms. The molecule has 0 radical (unpaired) electrons. The highest BCUT2D eigenvalue weighted by Gasteiger charge is 2.35. The first-order valence-corrected chi connectivity index (χ1v) is 13.4. The molecule has 0 N–H and O–H groups in total. The third kappa shape index (κ3) is 5.69. The first-order valence-electron chi connectivity index (χ1n) is 11.4. The Balaban J connectivity index is 1.33. The minimum Gasteiger partial charge on any atom is -0.493 e. The summed E-state index contributed by atoms with van der Waals surface area (Å²) in [6.07, 6.45) is 1.69. The fraction of sp³-hybridized carbons (Fsp3) is 0.103. The number of hydrogen-bond donors (Lipinski definition) is 0. The third-order valence-electron chi connectivity index (χ3n) is 5.91. The minimum atomic E-state index is -0.340. The number of amides is 2. The number of ether oxygens (including phenoxy) is 2. The van der Waals surface area contributed by atoms with Crippen LogP contribution in [0.1, 0.15) is 16.7 Å². The fourth-order valence-corrected chi connectivity index (χ4v) is 5.37. The summed E-state index contributed by atoms with van der Waals surface area (Å²) >= 11 is 10.4. The van der Waals surface area contributed by atoms with Gasteiger partial charge in [-0.2, -0.15) is 0 Å². The van der Waals surface area contributed by atoms with Gasteiger partial charge < -0.3 is 9.47 Å². The summed E-state index contributed by atoms with van der Waals surface area (Å²) in [6.45, 7) is 0.557. The summed E-state index contributed by atoms with van der Waals surface area (Å²) in [5, 5.41) is 2.61. The second-order valence-electron chi connectivity index (χ2n) is 8.39. The minimum absolute atomic E-state index is 0.186. The standard InChI is InChI=1S/C29H21BrClNO4S/c1-35-25-13-22(14-27-28(33)32(29(34)37-27)16-18-7-10-23(31)11-8-18)24(30)15-26(25)36-17-19-6-9-20-4-2-3-5-21(20)12-19/h2-15H,16-17H2,1H3/b27-14-. The van der Waals surface area contributed by atoms with Gasteiger partial charge in [0, 0.05) is 9.50 Å². The van der Waals surface area contributed by atoms with E-state index in [2.05, 4.69) is 40.2 Å². The molecule has 186 valence electrons. The van der Waals surface area contributed by atoms with Crippen molar-refractivity contribution in [3.05, 3.63) is 110 Å². The van der Waals surface area contributed by atoms with Crippen LogP contribution in [0, 0.1) is 0 Å². The Morgan fingerprint density at radius 2 is 1.65 bits per heavy atom. The van der Waals surface area contributed by atoms with Crippen molar-refractivity contribution in [2.75, 3.05) is 7.11 Å². The Morgan fingerprint density at radius 1 is 0.919 bits per heavy atom. The predicted molar refractivity (Wildman–Crippen MR) is 152 cm³/mol. The zero-order valence-electron chi connectivity index (χ0n) is 19.7. The number of fused-ring (bicyclic) bond motifs is 1. The van der Waals surface area contributed by atoms with Gasteiger partial charge in [-0.15, -0.1) is 0 Å². The normalized spacial score (nSPS) is 14.6. The van der Waals surface area contributed by atoms with Crippen molar-refractivity contribution < 1.29 is 19.1 Å². The third-order valence-corrected chi connectivity index (χ3v) is 7.75. The number of imide groups is 1. The molecule has 8 heteroatoms. The molecule has 1 saturated heterocycles. The summed E-state index contributed by atoms with van der Waals surface area (Å²) in [6, 6.07) is 25.1. The van der Waals surface area contributed by atoms with Crippen LogP contribution in [0.2, 0.25) is 5.02 Å². The van der Waals surface area contributed by atoms with Crippen LogP contribution in [0.4, 0.5) is 4.79 Å². The van der Waals surface area contributed by atoms with Crippen LogP contribution >= 0.6 is 39.3 Å². The van der Waals surface area contributed by atoms with E-state index >= 15 is 0 Å². The average Bonchev–Trinajstić information content (AvgIpc) is 3.17. The first-order chi connectivity index (χ1) is 17.9. The summed E-state index contributed by atoms with van der Waals surface area (Å²) in [7, 11) is 1.57. The van der Waals surface area contributed by atoms with Crippen molar-refractivity contribution in [3.63, 3.8) is 0 Å². The van der Waals surface area contributed by atoms with Crippen LogP contribution < -0.4 is 9.47 Å². The molecule has 0 aliphatic carbocycles. The highest BCUT2D eigenvalue weighted by atomic mass is 79.9. The van der Waals surface area contributed by atoms with E-state index < -0.39 is 0 Å². The maximum atomic E-state index is 13.0. The van der Waals surface area contributed by atoms with Crippen molar-refractivity contribution in [3.8, 4) is 11.5 Å². The average molecular weight is 595 g/mol. The number of carbonyl (C=O) groups is 2. The van der Waals surface area contributed by atoms with E-state index in [1.54, 1.807) is 43.5 Å². The van der Waals surface area contributed by atoms with Gasteiger partial charge in [0.25, 0.3) is 11.1 Å². The number of benzene rings is 4. The van der Waals surface area contributed by atoms with Gasteiger partial charge in [-0.1, -0.05) is 76.1 Å². The first kappa shape index (κ1) is 25.4. The SMILES string of the molecule is COc1cc(/C=C2\SC(=O)N(Cc3ccc(Cl)cc3)C2=O)c(Br)cc1OCc1ccc2ccccc2c1. The number of hydrogen-bond acceptors (Lipinski definition) is 5. The van der Waals surface area contributed by atoms with E-state index in [1.165, 1.54) is 10.3 Å². The van der Waals surface area contributed by atoms with E-state index in [-0.39, 0.29) is 17.7 Å². The van der Waals surface area contributed by atoms with Crippen molar-refractivity contribution >= 4 is 67.3 Å². The summed E-state index contributed by atoms with van der Waals surface area (Å²) in [4.78, 5) is 27.1. The van der Waals surface area contributed by atoms with Crippen LogP contribution in [0.5, 0.6) is 11.5 Å². The molecular weight excluding hydrogens is 574 g/mol. The molecule has 4 aromatic rings. The number of methoxy groups -OCH3 is 1. The molecular formula is C29H21BrClNO4S. The van der Waals surface area contributed by atoms with Crippen molar-refractivity contribution in [1.29, 1.82) is 0 Å². The van der Waals surface area contributed by atoms with E-state index in [4.69, 9.17) is 21.1 Å². The molecule has 4 aromatic carbocycles. The largest absolute Gasteiger partial charge is 0.493 e. The van der Waals surface area contributed by atoms with Gasteiger partial charge in [-0.05, 0) is 75.6 Å². The molecule has 1 fully saturated rings. The Labute approximate surface area is 232 Å². The van der Waals surface area contributed by atoms with Crippen LogP contribution in [-0.2, 0) is 17.9 Å². The Hall–Kier alpha value is -3.26. The number of thioether (sulfide) groups is 1. The zero-order valence-corrected chi connectivity index (χ0v) is 22.9. The predicted octanol–water partition coefficient (Wildman–Crippen LogP) is 8.08. The molecule has 1 aliphatic rings. The van der Waals surface area contributed by atoms with Crippen LogP contribution in [0.15, 0.2) is 88.2 Å². The highest BCUT2D eigenvalue weighted by Crippen LogP contribution is 2.38. The van der Waals surface area contributed by atoms with E-state index in [0.717, 1.165) is 28.3 Å². The lowest BCUT2D eigenvalue weighted by atomic mass is 10.1. The lowest BCUT2D eigenvalue weighted by Crippen LogP contribution is -2.27. The van der Waals surface area contributed by atoms with E-state index in [1.807, 2.05) is 24.3 Å². The van der Waals surface area contributed by atoms with Crippen LogP contribution in [-0.4, -0.2) is 23.2 Å². The van der Waals surface area contributed by atoms with Gasteiger partial charge in [0.2, 0.25) is 0 Å². The molecule has 5 rings (SSSR count). The quantitative estimate of drug-likeness (QED) is 0.203. The molecule has 1 aliphatic heterocycles. The number of rotatable bonds is 7. The molecule has 2 amide bonds. The van der Waals surface area contributed by atoms with E-state index in [9.17, 15) is 9.59 Å². The van der Waals surface area contributed by atoms with Gasteiger partial charge in [0.1, 0.15) is 6.61 Å². The fourth-order valence-electron chi connectivity index (χ4n) is 3.97. The highest BCUT2D eigenvalue weighted by molar-refractivity contribution is 9.10.